The molecular weight excluding hydrogens is 420 g/mol. The fourth-order valence-electron chi connectivity index (χ4n) is 3.79. The minimum absolute atomic E-state index is 0.0695. The van der Waals surface area contributed by atoms with E-state index in [1.165, 1.54) is 0 Å². The Morgan fingerprint density at radius 2 is 2.03 bits per heavy atom. The summed E-state index contributed by atoms with van der Waals surface area (Å²) in [6, 6.07) is 3.86. The van der Waals surface area contributed by atoms with E-state index in [2.05, 4.69) is 30.6 Å². The van der Waals surface area contributed by atoms with Crippen LogP contribution in [0.15, 0.2) is 18.3 Å². The SMILES string of the molecule is CO[C@@H]1CN(c2cc(N)cc(Nc3nc(NC4CC4)c4ncc(N)n4n3)c2Cl)C[C@@H]1N. The molecule has 0 bridgehead atoms. The Morgan fingerprint density at radius 3 is 2.74 bits per heavy atom. The van der Waals surface area contributed by atoms with Gasteiger partial charge in [0.15, 0.2) is 11.5 Å². The largest absolute Gasteiger partial charge is 0.399 e. The van der Waals surface area contributed by atoms with Crippen LogP contribution in [-0.4, -0.2) is 58.0 Å². The molecule has 1 aromatic carbocycles. The van der Waals surface area contributed by atoms with Gasteiger partial charge in [-0.25, -0.2) is 4.98 Å². The third-order valence-electron chi connectivity index (χ3n) is 5.58. The van der Waals surface area contributed by atoms with E-state index in [9.17, 15) is 0 Å². The molecule has 3 aromatic rings. The minimum Gasteiger partial charge on any atom is -0.399 e. The summed E-state index contributed by atoms with van der Waals surface area (Å²) in [5.41, 5.74) is 20.9. The number of halogens is 1. The van der Waals surface area contributed by atoms with Crippen molar-refractivity contribution in [3.8, 4) is 0 Å². The highest BCUT2D eigenvalue weighted by Gasteiger charge is 2.32. The third kappa shape index (κ3) is 3.75. The Bertz CT molecular complexity index is 1130. The molecule has 31 heavy (non-hydrogen) atoms. The van der Waals surface area contributed by atoms with Crippen LogP contribution in [-0.2, 0) is 4.74 Å². The number of rotatable bonds is 6. The summed E-state index contributed by atoms with van der Waals surface area (Å²) in [7, 11) is 1.66. The smallest absolute Gasteiger partial charge is 0.247 e. The molecule has 1 aliphatic carbocycles. The number of nitrogens with one attached hydrogen (secondary N) is 2. The highest BCUT2D eigenvalue weighted by atomic mass is 35.5. The van der Waals surface area contributed by atoms with Crippen LogP contribution in [0.25, 0.3) is 5.65 Å². The van der Waals surface area contributed by atoms with E-state index in [0.29, 0.717) is 58.8 Å². The van der Waals surface area contributed by atoms with Gasteiger partial charge in [0.25, 0.3) is 0 Å². The first-order chi connectivity index (χ1) is 14.9. The van der Waals surface area contributed by atoms with Gasteiger partial charge in [-0.3, -0.25) is 0 Å². The molecule has 11 nitrogen and oxygen atoms in total. The molecule has 1 saturated carbocycles. The normalized spacial score (nSPS) is 21.1. The van der Waals surface area contributed by atoms with Gasteiger partial charge in [-0.05, 0) is 25.0 Å². The molecule has 0 unspecified atom stereocenters. The molecule has 2 aliphatic rings. The number of aromatic nitrogens is 4. The van der Waals surface area contributed by atoms with E-state index in [4.69, 9.17) is 33.5 Å². The van der Waals surface area contributed by atoms with Gasteiger partial charge in [0.1, 0.15) is 5.82 Å². The van der Waals surface area contributed by atoms with Gasteiger partial charge in [-0.15, -0.1) is 5.10 Å². The molecule has 5 rings (SSSR count). The number of hydrogen-bond donors (Lipinski definition) is 5. The van der Waals surface area contributed by atoms with Crippen LogP contribution in [0.5, 0.6) is 0 Å². The molecule has 3 heterocycles. The van der Waals surface area contributed by atoms with E-state index in [1.54, 1.807) is 23.9 Å². The predicted molar refractivity (Wildman–Crippen MR) is 122 cm³/mol. The maximum absolute atomic E-state index is 6.76. The first kappa shape index (κ1) is 19.9. The van der Waals surface area contributed by atoms with Crippen molar-refractivity contribution >= 4 is 51.9 Å². The van der Waals surface area contributed by atoms with Gasteiger partial charge in [-0.1, -0.05) is 11.6 Å². The van der Waals surface area contributed by atoms with Crippen molar-refractivity contribution in [2.75, 3.05) is 47.2 Å². The van der Waals surface area contributed by atoms with Crippen molar-refractivity contribution in [2.45, 2.75) is 31.0 Å². The second-order valence-electron chi connectivity index (χ2n) is 7.99. The number of methoxy groups -OCH3 is 1. The fourth-order valence-corrected chi connectivity index (χ4v) is 4.06. The van der Waals surface area contributed by atoms with Crippen LogP contribution in [0.1, 0.15) is 12.8 Å². The molecule has 2 atom stereocenters. The number of ether oxygens (including phenoxy) is 1. The molecule has 8 N–H and O–H groups in total. The summed E-state index contributed by atoms with van der Waals surface area (Å²) in [5, 5.41) is 11.5. The molecule has 2 fully saturated rings. The Balaban J connectivity index is 1.49. The summed E-state index contributed by atoms with van der Waals surface area (Å²) in [6.07, 6.45) is 3.68. The van der Waals surface area contributed by atoms with Gasteiger partial charge in [0.05, 0.1) is 34.7 Å². The van der Waals surface area contributed by atoms with Gasteiger partial charge in [0, 0.05) is 31.9 Å². The van der Waals surface area contributed by atoms with Crippen LogP contribution >= 0.6 is 11.6 Å². The lowest BCUT2D eigenvalue weighted by Crippen LogP contribution is -2.34. The first-order valence-electron chi connectivity index (χ1n) is 10.1. The van der Waals surface area contributed by atoms with Crippen molar-refractivity contribution in [1.29, 1.82) is 0 Å². The van der Waals surface area contributed by atoms with Crippen LogP contribution < -0.4 is 32.7 Å². The highest BCUT2D eigenvalue weighted by Crippen LogP contribution is 2.38. The summed E-state index contributed by atoms with van der Waals surface area (Å²) in [5.74, 6) is 1.35. The van der Waals surface area contributed by atoms with E-state index < -0.39 is 0 Å². The van der Waals surface area contributed by atoms with Gasteiger partial charge in [-0.2, -0.15) is 9.50 Å². The van der Waals surface area contributed by atoms with Gasteiger partial charge >= 0.3 is 0 Å². The van der Waals surface area contributed by atoms with Crippen LogP contribution in [0.4, 0.5) is 34.6 Å². The summed E-state index contributed by atoms with van der Waals surface area (Å²) >= 11 is 6.76. The molecule has 0 radical (unpaired) electrons. The Hall–Kier alpha value is -3.02. The lowest BCUT2D eigenvalue weighted by molar-refractivity contribution is 0.108. The fraction of sp³-hybridized carbons (Fsp3) is 0.421. The quantitative estimate of drug-likeness (QED) is 0.352. The molecule has 2 aromatic heterocycles. The molecule has 12 heteroatoms. The number of nitrogens with zero attached hydrogens (tertiary/aromatic N) is 5. The lowest BCUT2D eigenvalue weighted by atomic mass is 10.2. The van der Waals surface area contributed by atoms with E-state index in [1.807, 2.05) is 6.07 Å². The lowest BCUT2D eigenvalue weighted by Gasteiger charge is -2.22. The second-order valence-corrected chi connectivity index (χ2v) is 8.37. The average Bonchev–Trinajstić information content (AvgIpc) is 3.36. The molecular formula is C19H25ClN10O. The van der Waals surface area contributed by atoms with Crippen LogP contribution in [0.3, 0.4) is 0 Å². The molecule has 164 valence electrons. The van der Waals surface area contributed by atoms with E-state index in [0.717, 1.165) is 18.5 Å². The summed E-state index contributed by atoms with van der Waals surface area (Å²) in [4.78, 5) is 11.0. The number of benzene rings is 1. The standard InChI is InChI=1S/C19H25ClN10O/c1-31-14-8-29(7-11(14)22)13-5-9(21)4-12(16(13)20)26-19-27-17(25-10-2-3-10)18-24-6-15(23)30(18)28-19/h4-6,10-11,14H,2-3,7-8,21-23H2,1H3,(H2,25,26,27,28)/t11-,14+/m0/s1. The van der Waals surface area contributed by atoms with Crippen LogP contribution in [0, 0.1) is 0 Å². The number of anilines is 6. The minimum atomic E-state index is -0.107. The second kappa shape index (κ2) is 7.59. The topological polar surface area (TPSA) is 158 Å². The van der Waals surface area contributed by atoms with Crippen molar-refractivity contribution in [3.05, 3.63) is 23.4 Å². The summed E-state index contributed by atoms with van der Waals surface area (Å²) in [6.45, 7) is 1.24. The average molecular weight is 445 g/mol. The number of nitrogens with two attached hydrogens (primary N) is 3. The van der Waals surface area contributed by atoms with Crippen molar-refractivity contribution in [3.63, 3.8) is 0 Å². The zero-order valence-electron chi connectivity index (χ0n) is 17.0. The maximum Gasteiger partial charge on any atom is 0.247 e. The predicted octanol–water partition coefficient (Wildman–Crippen LogP) is 1.42. The Labute approximate surface area is 183 Å². The van der Waals surface area contributed by atoms with E-state index >= 15 is 0 Å². The number of hydrogen-bond acceptors (Lipinski definition) is 10. The maximum atomic E-state index is 6.76. The molecule has 1 aliphatic heterocycles. The highest BCUT2D eigenvalue weighted by molar-refractivity contribution is 6.36. The van der Waals surface area contributed by atoms with Crippen molar-refractivity contribution in [2.24, 2.45) is 5.73 Å². The number of imidazole rings is 1. The Morgan fingerprint density at radius 1 is 1.23 bits per heavy atom. The zero-order chi connectivity index (χ0) is 21.7. The summed E-state index contributed by atoms with van der Waals surface area (Å²) < 4.78 is 7.01. The van der Waals surface area contributed by atoms with Crippen molar-refractivity contribution < 1.29 is 4.74 Å². The number of fused-ring (bicyclic) bond motifs is 1. The molecule has 0 spiro atoms. The monoisotopic (exact) mass is 444 g/mol. The van der Waals surface area contributed by atoms with Crippen molar-refractivity contribution in [1.82, 2.24) is 19.6 Å². The van der Waals surface area contributed by atoms with Gasteiger partial charge < -0.3 is 37.5 Å². The molecule has 1 saturated heterocycles. The zero-order valence-corrected chi connectivity index (χ0v) is 17.8. The number of nitrogen functional groups attached to an aromatic ring is 2. The van der Waals surface area contributed by atoms with E-state index in [-0.39, 0.29) is 12.1 Å². The Kier molecular flexibility index (Phi) is 4.88. The first-order valence-corrected chi connectivity index (χ1v) is 10.5. The van der Waals surface area contributed by atoms with Gasteiger partial charge in [0.2, 0.25) is 5.95 Å². The molecule has 0 amide bonds. The van der Waals surface area contributed by atoms with Crippen LogP contribution in [0.2, 0.25) is 5.02 Å². The third-order valence-corrected chi connectivity index (χ3v) is 5.98.